The third-order valence-electron chi connectivity index (χ3n) is 4.13. The maximum Gasteiger partial charge on any atom is 0.259 e. The molecule has 156 valence electrons. The van der Waals surface area contributed by atoms with E-state index in [1.165, 1.54) is 43.5 Å². The van der Waals surface area contributed by atoms with E-state index in [1.807, 2.05) is 6.07 Å². The molecule has 8 heteroatoms. The lowest BCUT2D eigenvalue weighted by Gasteiger charge is -2.13. The molecule has 0 aromatic heterocycles. The SMILES string of the molecule is C.COc1ccc(S(=O)(=O)C[C@H](C)CC#N)cc1C(=O)Nc1ccc(F)c(C)c1. The number of nitriles is 1. The van der Waals surface area contributed by atoms with Crippen LogP contribution in [-0.2, 0) is 9.84 Å². The number of hydrogen-bond acceptors (Lipinski definition) is 5. The highest BCUT2D eigenvalue weighted by Gasteiger charge is 2.22. The molecule has 0 radical (unpaired) electrons. The molecule has 2 rings (SSSR count). The Kier molecular flexibility index (Phi) is 8.34. The van der Waals surface area contributed by atoms with Crippen molar-refractivity contribution in [2.24, 2.45) is 5.92 Å². The number of nitrogens with zero attached hydrogens (tertiary/aromatic N) is 1. The predicted octanol–water partition coefficient (Wildman–Crippen LogP) is 4.35. The first-order chi connectivity index (χ1) is 13.2. The number of carbonyl (C=O) groups excluding carboxylic acids is 1. The molecule has 0 saturated heterocycles. The number of amides is 1. The second-order valence-corrected chi connectivity index (χ2v) is 8.56. The van der Waals surface area contributed by atoms with Gasteiger partial charge >= 0.3 is 0 Å². The Balaban J connectivity index is 0.00000420. The van der Waals surface area contributed by atoms with Gasteiger partial charge in [0.1, 0.15) is 11.6 Å². The molecule has 0 saturated carbocycles. The lowest BCUT2D eigenvalue weighted by atomic mass is 10.1. The summed E-state index contributed by atoms with van der Waals surface area (Å²) in [5.74, 6) is -1.30. The number of aryl methyl sites for hydroxylation is 1. The summed E-state index contributed by atoms with van der Waals surface area (Å²) in [6, 6.07) is 10.1. The molecule has 0 unspecified atom stereocenters. The van der Waals surface area contributed by atoms with Gasteiger partial charge in [-0.1, -0.05) is 14.4 Å². The van der Waals surface area contributed by atoms with E-state index in [2.05, 4.69) is 5.32 Å². The minimum Gasteiger partial charge on any atom is -0.496 e. The fourth-order valence-corrected chi connectivity index (χ4v) is 4.30. The number of hydrogen-bond donors (Lipinski definition) is 1. The summed E-state index contributed by atoms with van der Waals surface area (Å²) in [6.45, 7) is 3.25. The monoisotopic (exact) mass is 420 g/mol. The van der Waals surface area contributed by atoms with Gasteiger partial charge in [0.25, 0.3) is 5.91 Å². The Morgan fingerprint density at radius 3 is 2.55 bits per heavy atom. The van der Waals surface area contributed by atoms with E-state index in [0.29, 0.717) is 11.3 Å². The summed E-state index contributed by atoms with van der Waals surface area (Å²) in [4.78, 5) is 12.6. The van der Waals surface area contributed by atoms with E-state index >= 15 is 0 Å². The minimum atomic E-state index is -3.68. The Hall–Kier alpha value is -2.92. The molecule has 29 heavy (non-hydrogen) atoms. The van der Waals surface area contributed by atoms with Gasteiger partial charge in [0, 0.05) is 12.1 Å². The Morgan fingerprint density at radius 1 is 1.28 bits per heavy atom. The van der Waals surface area contributed by atoms with E-state index < -0.39 is 21.6 Å². The zero-order chi connectivity index (χ0) is 20.9. The summed E-state index contributed by atoms with van der Waals surface area (Å²) in [5, 5.41) is 11.3. The minimum absolute atomic E-state index is 0. The van der Waals surface area contributed by atoms with Gasteiger partial charge in [-0.3, -0.25) is 4.79 Å². The van der Waals surface area contributed by atoms with Crippen LogP contribution in [0.3, 0.4) is 0 Å². The molecule has 1 N–H and O–H groups in total. The molecule has 0 aliphatic rings. The lowest BCUT2D eigenvalue weighted by Crippen LogP contribution is -2.17. The van der Waals surface area contributed by atoms with Crippen LogP contribution in [0.2, 0.25) is 0 Å². The van der Waals surface area contributed by atoms with Crippen molar-refractivity contribution in [2.45, 2.75) is 32.6 Å². The van der Waals surface area contributed by atoms with Gasteiger partial charge < -0.3 is 10.1 Å². The van der Waals surface area contributed by atoms with Gasteiger partial charge in [0.05, 0.1) is 29.4 Å². The highest BCUT2D eigenvalue weighted by atomic mass is 32.2. The number of rotatable bonds is 7. The van der Waals surface area contributed by atoms with Crippen LogP contribution in [0.5, 0.6) is 5.75 Å². The van der Waals surface area contributed by atoms with Crippen LogP contribution < -0.4 is 10.1 Å². The van der Waals surface area contributed by atoms with Crippen molar-refractivity contribution in [1.29, 1.82) is 5.26 Å². The van der Waals surface area contributed by atoms with Crippen molar-refractivity contribution in [2.75, 3.05) is 18.2 Å². The Labute approximate surface area is 171 Å². The number of benzene rings is 2. The number of anilines is 1. The maximum absolute atomic E-state index is 13.4. The zero-order valence-electron chi connectivity index (χ0n) is 15.8. The van der Waals surface area contributed by atoms with Crippen molar-refractivity contribution in [3.63, 3.8) is 0 Å². The third kappa shape index (κ3) is 6.03. The normalized spacial score (nSPS) is 11.7. The highest BCUT2D eigenvalue weighted by Crippen LogP contribution is 2.26. The van der Waals surface area contributed by atoms with Gasteiger partial charge in [-0.15, -0.1) is 0 Å². The molecule has 6 nitrogen and oxygen atoms in total. The van der Waals surface area contributed by atoms with Crippen LogP contribution in [0.25, 0.3) is 0 Å². The molecule has 2 aromatic carbocycles. The molecular weight excluding hydrogens is 395 g/mol. The summed E-state index contributed by atoms with van der Waals surface area (Å²) in [6.07, 6.45) is 0.118. The Bertz CT molecular complexity index is 1030. The van der Waals surface area contributed by atoms with Crippen molar-refractivity contribution >= 4 is 21.4 Å². The Morgan fingerprint density at radius 2 is 1.97 bits per heavy atom. The van der Waals surface area contributed by atoms with E-state index in [0.717, 1.165) is 0 Å². The van der Waals surface area contributed by atoms with Crippen LogP contribution in [0.15, 0.2) is 41.3 Å². The third-order valence-corrected chi connectivity index (χ3v) is 6.11. The number of ether oxygens (including phenoxy) is 1. The van der Waals surface area contributed by atoms with Gasteiger partial charge in [-0.05, 0) is 54.8 Å². The molecule has 1 atom stereocenters. The van der Waals surface area contributed by atoms with Crippen molar-refractivity contribution < 1.29 is 22.3 Å². The highest BCUT2D eigenvalue weighted by molar-refractivity contribution is 7.91. The predicted molar refractivity (Wildman–Crippen MR) is 110 cm³/mol. The average Bonchev–Trinajstić information content (AvgIpc) is 2.63. The summed E-state index contributed by atoms with van der Waals surface area (Å²) < 4.78 is 43.8. The van der Waals surface area contributed by atoms with Crippen LogP contribution in [0.4, 0.5) is 10.1 Å². The molecule has 0 bridgehead atoms. The van der Waals surface area contributed by atoms with E-state index in [4.69, 9.17) is 10.00 Å². The number of sulfone groups is 1. The van der Waals surface area contributed by atoms with Gasteiger partial charge in [0.15, 0.2) is 9.84 Å². The fraction of sp³-hybridized carbons (Fsp3) is 0.333. The fourth-order valence-electron chi connectivity index (χ4n) is 2.66. The number of halogens is 1. The van der Waals surface area contributed by atoms with Crippen molar-refractivity contribution in [1.82, 2.24) is 0 Å². The summed E-state index contributed by atoms with van der Waals surface area (Å²) in [7, 11) is -2.31. The topological polar surface area (TPSA) is 96.3 Å². The molecule has 0 heterocycles. The largest absolute Gasteiger partial charge is 0.496 e. The second kappa shape index (κ2) is 10.0. The standard InChI is InChI=1S/C20H21FN2O4S.CH4/c1-13(8-9-22)12-28(25,26)16-5-7-19(27-3)17(11-16)20(24)23-15-4-6-18(21)14(2)10-15;/h4-7,10-11,13H,8,12H2,1-3H3,(H,23,24);1H4/t13-;/m1./s1. The van der Waals surface area contributed by atoms with Crippen LogP contribution in [-0.4, -0.2) is 27.2 Å². The average molecular weight is 421 g/mol. The second-order valence-electron chi connectivity index (χ2n) is 6.53. The summed E-state index contributed by atoms with van der Waals surface area (Å²) >= 11 is 0. The lowest BCUT2D eigenvalue weighted by molar-refractivity contribution is 0.102. The molecular formula is C21H25FN2O4S. The van der Waals surface area contributed by atoms with Crippen molar-refractivity contribution in [3.05, 3.63) is 53.3 Å². The zero-order valence-corrected chi connectivity index (χ0v) is 16.6. The summed E-state index contributed by atoms with van der Waals surface area (Å²) in [5.41, 5.74) is 0.785. The quantitative estimate of drug-likeness (QED) is 0.718. The van der Waals surface area contributed by atoms with Crippen LogP contribution in [0, 0.1) is 30.0 Å². The van der Waals surface area contributed by atoms with E-state index in [-0.39, 0.29) is 41.7 Å². The smallest absolute Gasteiger partial charge is 0.259 e. The maximum atomic E-state index is 13.4. The molecule has 0 spiro atoms. The van der Waals surface area contributed by atoms with Crippen molar-refractivity contribution in [3.8, 4) is 11.8 Å². The first-order valence-electron chi connectivity index (χ1n) is 8.53. The van der Waals surface area contributed by atoms with Crippen LogP contribution in [0.1, 0.15) is 36.7 Å². The molecule has 2 aromatic rings. The number of nitrogens with one attached hydrogen (secondary N) is 1. The van der Waals surface area contributed by atoms with E-state index in [1.54, 1.807) is 13.8 Å². The molecule has 0 aliphatic heterocycles. The molecule has 0 fully saturated rings. The molecule has 1 amide bonds. The first kappa shape index (κ1) is 24.1. The molecule has 0 aliphatic carbocycles. The van der Waals surface area contributed by atoms with Gasteiger partial charge in [0.2, 0.25) is 0 Å². The van der Waals surface area contributed by atoms with Gasteiger partial charge in [-0.2, -0.15) is 5.26 Å². The van der Waals surface area contributed by atoms with Crippen LogP contribution >= 0.6 is 0 Å². The first-order valence-corrected chi connectivity index (χ1v) is 10.2. The van der Waals surface area contributed by atoms with Gasteiger partial charge in [-0.25, -0.2) is 12.8 Å². The van der Waals surface area contributed by atoms with E-state index in [9.17, 15) is 17.6 Å². The number of methoxy groups -OCH3 is 1. The number of carbonyl (C=O) groups is 1.